The fourth-order valence-electron chi connectivity index (χ4n) is 9.45. The normalized spacial score (nSPS) is 13.0. The lowest BCUT2D eigenvalue weighted by atomic mass is 9.76. The zero-order valence-electron chi connectivity index (χ0n) is 43.7. The lowest BCUT2D eigenvalue weighted by Gasteiger charge is -2.28. The highest BCUT2D eigenvalue weighted by molar-refractivity contribution is 6.12. The average molecular weight is 1010 g/mol. The number of non-ortho nitro benzene ring substituents is 4. The van der Waals surface area contributed by atoms with E-state index < -0.39 is 75.7 Å². The van der Waals surface area contributed by atoms with E-state index in [1.807, 2.05) is 132 Å². The second-order valence-electron chi connectivity index (χ2n) is 23.5. The molecular weight excluding hydrogens is 945 g/mol. The summed E-state index contributed by atoms with van der Waals surface area (Å²) in [6.45, 7) is 23.8. The Hall–Kier alpha value is -8.14. The van der Waals surface area contributed by atoms with Gasteiger partial charge in [-0.2, -0.15) is 0 Å². The van der Waals surface area contributed by atoms with E-state index in [0.29, 0.717) is 44.5 Å². The van der Waals surface area contributed by atoms with Crippen LogP contribution in [-0.4, -0.2) is 41.5 Å². The van der Waals surface area contributed by atoms with Crippen molar-refractivity contribution in [2.24, 2.45) is 0 Å². The van der Waals surface area contributed by atoms with Crippen LogP contribution in [0.4, 0.5) is 22.7 Å². The van der Waals surface area contributed by atoms with Crippen molar-refractivity contribution in [2.45, 2.75) is 130 Å². The Morgan fingerprint density at radius 1 is 0.351 bits per heavy atom. The number of ketones is 2. The van der Waals surface area contributed by atoms with Crippen LogP contribution in [0.15, 0.2) is 84.9 Å². The number of hydrogen-bond donors (Lipinski definition) is 2. The third kappa shape index (κ3) is 10.9. The van der Waals surface area contributed by atoms with Crippen LogP contribution in [-0.2, 0) is 47.3 Å². The number of carbonyl (C=O) groups is 2. The molecule has 6 aromatic rings. The highest BCUT2D eigenvalue weighted by Gasteiger charge is 2.33. The summed E-state index contributed by atoms with van der Waals surface area (Å²) < 4.78 is 0. The molecule has 0 atom stereocenters. The Balaban J connectivity index is 1.66. The van der Waals surface area contributed by atoms with Crippen LogP contribution in [0.2, 0.25) is 0 Å². The van der Waals surface area contributed by atoms with Gasteiger partial charge in [0.05, 0.1) is 31.8 Å². The molecule has 0 aliphatic heterocycles. The van der Waals surface area contributed by atoms with E-state index in [-0.39, 0.29) is 59.4 Å². The molecule has 0 fully saturated rings. The second kappa shape index (κ2) is 19.0. The van der Waals surface area contributed by atoms with E-state index in [2.05, 4.69) is 0 Å². The van der Waals surface area contributed by atoms with Gasteiger partial charge in [0, 0.05) is 72.2 Å². The Morgan fingerprint density at radius 2 is 0.541 bits per heavy atom. The molecule has 384 valence electrons. The van der Waals surface area contributed by atoms with Crippen LogP contribution in [0.1, 0.15) is 182 Å². The van der Waals surface area contributed by atoms with Crippen molar-refractivity contribution < 1.29 is 39.5 Å². The number of carbonyl (C=O) groups excluding carboxylic acids is 2. The summed E-state index contributed by atoms with van der Waals surface area (Å²) in [7, 11) is 0. The second-order valence-corrected chi connectivity index (χ2v) is 23.5. The average Bonchev–Trinajstić information content (AvgIpc) is 3.28. The molecule has 0 aromatic heterocycles. The van der Waals surface area contributed by atoms with Crippen molar-refractivity contribution in [3.05, 3.63) is 214 Å². The summed E-state index contributed by atoms with van der Waals surface area (Å²) in [5.74, 6) is -1.86. The summed E-state index contributed by atoms with van der Waals surface area (Å²) in [4.78, 5) is 76.3. The van der Waals surface area contributed by atoms with Crippen molar-refractivity contribution in [3.8, 4) is 11.5 Å². The number of benzene rings is 6. The van der Waals surface area contributed by atoms with Gasteiger partial charge in [-0.3, -0.25) is 50.0 Å². The molecule has 0 heterocycles. The third-order valence-corrected chi connectivity index (χ3v) is 13.8. The molecule has 0 saturated carbocycles. The fraction of sp³-hybridized carbons (Fsp3) is 0.345. The van der Waals surface area contributed by atoms with Gasteiger partial charge in [-0.15, -0.1) is 0 Å². The molecule has 0 spiro atoms. The fourth-order valence-corrected chi connectivity index (χ4v) is 9.45. The van der Waals surface area contributed by atoms with Gasteiger partial charge in [0.25, 0.3) is 22.7 Å². The first-order chi connectivity index (χ1) is 34.1. The predicted molar refractivity (Wildman–Crippen MR) is 281 cm³/mol. The third-order valence-electron chi connectivity index (χ3n) is 13.8. The largest absolute Gasteiger partial charge is 0.507 e. The van der Waals surface area contributed by atoms with E-state index in [1.54, 1.807) is 0 Å². The highest BCUT2D eigenvalue weighted by atomic mass is 16.6. The number of phenolic OH excluding ortho intramolecular Hbond substituents is 2. The molecule has 6 aromatic carbocycles. The minimum absolute atomic E-state index is 0.0723. The first-order valence-corrected chi connectivity index (χ1v) is 24.1. The molecule has 2 N–H and O–H groups in total. The van der Waals surface area contributed by atoms with Gasteiger partial charge >= 0.3 is 0 Å². The number of nitro groups is 4. The van der Waals surface area contributed by atoms with Crippen molar-refractivity contribution >= 4 is 34.3 Å². The van der Waals surface area contributed by atoms with Gasteiger partial charge in [0.2, 0.25) is 0 Å². The molecule has 16 nitrogen and oxygen atoms in total. The van der Waals surface area contributed by atoms with Gasteiger partial charge in [0.15, 0.2) is 11.6 Å². The van der Waals surface area contributed by atoms with Gasteiger partial charge in [-0.05, 0) is 88.4 Å². The standard InChI is InChI=1S/C58H60N4O12/c1-55(2,3)41-17-31-13-35-21-43(57(7,8)9)23-37(51(35)63)15-33-19-42(56(4,5)6)20-34(50(33)54(66)40-27-47(61(71)72)30-48(28-40)62(73)74)16-38-24-44(58(10,11)12)22-36(52(38)64)14-32(18-41)49(31)53(65)39-25-45(59(67)68)29-46(26-39)60(69)70/h17-30,63-64H,13-16H2,1-12H3. The Morgan fingerprint density at radius 3 is 0.716 bits per heavy atom. The summed E-state index contributed by atoms with van der Waals surface area (Å²) in [5.41, 5.74) is 0.758. The summed E-state index contributed by atoms with van der Waals surface area (Å²) in [6.07, 6.45) is -0.415. The molecule has 74 heavy (non-hydrogen) atoms. The first kappa shape index (κ1) is 53.7. The highest BCUT2D eigenvalue weighted by Crippen LogP contribution is 2.42. The van der Waals surface area contributed by atoms with E-state index in [4.69, 9.17) is 0 Å². The van der Waals surface area contributed by atoms with E-state index >= 15 is 9.59 Å². The van der Waals surface area contributed by atoms with Crippen molar-refractivity contribution in [3.63, 3.8) is 0 Å². The number of hydrogen-bond acceptors (Lipinski definition) is 12. The van der Waals surface area contributed by atoms with E-state index in [0.717, 1.165) is 58.7 Å². The molecular formula is C58H60N4O12. The summed E-state index contributed by atoms with van der Waals surface area (Å²) >= 11 is 0. The van der Waals surface area contributed by atoms with Crippen LogP contribution in [0.25, 0.3) is 0 Å². The molecule has 0 amide bonds. The smallest absolute Gasteiger partial charge is 0.277 e. The van der Waals surface area contributed by atoms with Gasteiger partial charge in [0.1, 0.15) is 11.5 Å². The number of phenols is 2. The molecule has 1 aliphatic rings. The topological polar surface area (TPSA) is 247 Å². The monoisotopic (exact) mass is 1000 g/mol. The number of fused-ring (bicyclic) bond motifs is 8. The van der Waals surface area contributed by atoms with Crippen molar-refractivity contribution in [1.29, 1.82) is 0 Å². The minimum Gasteiger partial charge on any atom is -0.507 e. The van der Waals surface area contributed by atoms with Gasteiger partial charge in [-0.25, -0.2) is 0 Å². The van der Waals surface area contributed by atoms with Crippen molar-refractivity contribution in [1.82, 2.24) is 0 Å². The van der Waals surface area contributed by atoms with Crippen LogP contribution in [0.5, 0.6) is 11.5 Å². The van der Waals surface area contributed by atoms with Gasteiger partial charge < -0.3 is 10.2 Å². The number of aromatic hydroxyl groups is 2. The molecule has 0 radical (unpaired) electrons. The summed E-state index contributed by atoms with van der Waals surface area (Å²) in [5, 5.41) is 74.2. The molecule has 8 bridgehead atoms. The van der Waals surface area contributed by atoms with Crippen LogP contribution < -0.4 is 0 Å². The van der Waals surface area contributed by atoms with E-state index in [1.165, 1.54) is 0 Å². The maximum Gasteiger partial charge on any atom is 0.277 e. The number of nitrogens with zero attached hydrogens (tertiary/aromatic N) is 4. The maximum absolute atomic E-state index is 15.4. The minimum atomic E-state index is -0.806. The molecule has 0 saturated heterocycles. The lowest BCUT2D eigenvalue weighted by molar-refractivity contribution is -0.394. The Bertz CT molecular complexity index is 3010. The zero-order valence-corrected chi connectivity index (χ0v) is 43.7. The molecule has 7 rings (SSSR count). The number of nitro benzene ring substituents is 4. The van der Waals surface area contributed by atoms with E-state index in [9.17, 15) is 50.7 Å². The van der Waals surface area contributed by atoms with Crippen molar-refractivity contribution in [2.75, 3.05) is 0 Å². The Kier molecular flexibility index (Phi) is 13.8. The van der Waals surface area contributed by atoms with Crippen LogP contribution in [0.3, 0.4) is 0 Å². The summed E-state index contributed by atoms with van der Waals surface area (Å²) in [6, 6.07) is 20.2. The first-order valence-electron chi connectivity index (χ1n) is 24.1. The quantitative estimate of drug-likeness (QED) is 0.0820. The zero-order chi connectivity index (χ0) is 54.9. The Labute approximate surface area is 428 Å². The molecule has 1 aliphatic carbocycles. The van der Waals surface area contributed by atoms with Gasteiger partial charge in [-0.1, -0.05) is 132 Å². The lowest BCUT2D eigenvalue weighted by Crippen LogP contribution is -2.19. The molecule has 0 unspecified atom stereocenters. The predicted octanol–water partition coefficient (Wildman–Crippen LogP) is 13.1. The SMILES string of the molecule is CC(C)(C)c1cc2c(O)c(c1)Cc1cc(C(C)(C)C)cc(c1C(=O)c1cc([N+](=O)[O-])cc([N+](=O)[O-])c1)Cc1cc(C(C)(C)C)cc(c1O)Cc1cc(C(C)(C)C)cc(c1C(=O)c1cc([N+](=O)[O-])cc([N+](=O)[O-])c1)C2. The molecule has 16 heteroatoms. The van der Waals surface area contributed by atoms with Crippen LogP contribution >= 0.6 is 0 Å². The maximum atomic E-state index is 15.4. The van der Waals surface area contributed by atoms with Crippen LogP contribution in [0, 0.1) is 40.5 Å². The number of rotatable bonds is 8.